The number of aromatic nitrogens is 4. The zero-order valence-electron chi connectivity index (χ0n) is 28.5. The predicted octanol–water partition coefficient (Wildman–Crippen LogP) is 9.37. The Bertz CT molecular complexity index is 1050. The molecule has 2 aromatic rings. The average Bonchev–Trinajstić information content (AvgIpc) is 2.67. The third-order valence-corrected chi connectivity index (χ3v) is 7.11. The van der Waals surface area contributed by atoms with E-state index in [0.717, 1.165) is 49.6 Å². The van der Waals surface area contributed by atoms with Crippen molar-refractivity contribution in [1.29, 1.82) is 0 Å². The zero-order valence-corrected chi connectivity index (χ0v) is 28.5. The van der Waals surface area contributed by atoms with Crippen molar-refractivity contribution in [1.82, 2.24) is 19.9 Å². The molecule has 2 heterocycles. The van der Waals surface area contributed by atoms with Crippen LogP contribution in [0.3, 0.4) is 0 Å². The molecule has 220 valence electrons. The molecule has 0 fully saturated rings. The van der Waals surface area contributed by atoms with Crippen LogP contribution in [0.4, 0.5) is 0 Å². The van der Waals surface area contributed by atoms with E-state index < -0.39 is 0 Å². The molecule has 4 nitrogen and oxygen atoms in total. The van der Waals surface area contributed by atoms with Gasteiger partial charge in [-0.1, -0.05) is 111 Å². The highest BCUT2D eigenvalue weighted by Crippen LogP contribution is 2.36. The van der Waals surface area contributed by atoms with Crippen LogP contribution < -0.4 is 0 Å². The molecule has 0 unspecified atom stereocenters. The SMILES string of the molecule is CC(C)(C)Cc1cc(CC(C)(C)CCC(C)(C)c2nc(C(C)(C)C)nc(C(C)(C)C)n2)cc(CC(C)(C)C)n1. The Labute approximate surface area is 241 Å². The fraction of sp³-hybridized carbons (Fsp3) is 0.771. The molecule has 0 aliphatic heterocycles. The van der Waals surface area contributed by atoms with Gasteiger partial charge in [0.1, 0.15) is 17.5 Å². The first-order chi connectivity index (χ1) is 17.3. The van der Waals surface area contributed by atoms with Crippen LogP contribution in [0.2, 0.25) is 0 Å². The summed E-state index contributed by atoms with van der Waals surface area (Å²) in [5.41, 5.74) is 4.05. The smallest absolute Gasteiger partial charge is 0.138 e. The van der Waals surface area contributed by atoms with Crippen LogP contribution in [-0.4, -0.2) is 19.9 Å². The Kier molecular flexibility index (Phi) is 9.59. The van der Waals surface area contributed by atoms with Gasteiger partial charge in [-0.2, -0.15) is 0 Å². The van der Waals surface area contributed by atoms with Gasteiger partial charge in [-0.05, 0) is 66.0 Å². The van der Waals surface area contributed by atoms with Gasteiger partial charge in [0, 0.05) is 27.6 Å². The lowest BCUT2D eigenvalue weighted by molar-refractivity contribution is 0.277. The highest BCUT2D eigenvalue weighted by molar-refractivity contribution is 5.24. The van der Waals surface area contributed by atoms with Crippen LogP contribution in [0.5, 0.6) is 0 Å². The number of rotatable bonds is 8. The lowest BCUT2D eigenvalue weighted by Gasteiger charge is -2.32. The summed E-state index contributed by atoms with van der Waals surface area (Å²) < 4.78 is 0. The number of hydrogen-bond donors (Lipinski definition) is 0. The molecule has 0 atom stereocenters. The monoisotopic (exact) mass is 536 g/mol. The van der Waals surface area contributed by atoms with Crippen LogP contribution >= 0.6 is 0 Å². The molecule has 0 aliphatic carbocycles. The Morgan fingerprint density at radius 1 is 0.462 bits per heavy atom. The largest absolute Gasteiger partial charge is 0.258 e. The van der Waals surface area contributed by atoms with Gasteiger partial charge in [-0.3, -0.25) is 4.98 Å². The minimum Gasteiger partial charge on any atom is -0.258 e. The molecule has 0 amide bonds. The van der Waals surface area contributed by atoms with Crippen LogP contribution in [-0.2, 0) is 35.5 Å². The molecule has 39 heavy (non-hydrogen) atoms. The molecule has 2 rings (SSSR count). The van der Waals surface area contributed by atoms with E-state index in [0.29, 0.717) is 0 Å². The second kappa shape index (κ2) is 11.2. The molecule has 0 spiro atoms. The van der Waals surface area contributed by atoms with E-state index in [1.165, 1.54) is 17.0 Å². The molecular weight excluding hydrogens is 476 g/mol. The van der Waals surface area contributed by atoms with Crippen molar-refractivity contribution in [2.75, 3.05) is 0 Å². The third-order valence-electron chi connectivity index (χ3n) is 7.11. The van der Waals surface area contributed by atoms with Gasteiger partial charge < -0.3 is 0 Å². The summed E-state index contributed by atoms with van der Waals surface area (Å²) in [4.78, 5) is 20.1. The second-order valence-corrected chi connectivity index (χ2v) is 18.0. The predicted molar refractivity (Wildman–Crippen MR) is 168 cm³/mol. The quantitative estimate of drug-likeness (QED) is 0.337. The molecule has 0 aromatic carbocycles. The van der Waals surface area contributed by atoms with Crippen molar-refractivity contribution in [3.8, 4) is 0 Å². The van der Waals surface area contributed by atoms with Gasteiger partial charge in [0.05, 0.1) is 0 Å². The maximum Gasteiger partial charge on any atom is 0.138 e. The van der Waals surface area contributed by atoms with Crippen LogP contribution in [0.1, 0.15) is 158 Å². The number of nitrogens with zero attached hydrogens (tertiary/aromatic N) is 4. The molecule has 0 N–H and O–H groups in total. The highest BCUT2D eigenvalue weighted by atomic mass is 15.1. The lowest BCUT2D eigenvalue weighted by Crippen LogP contribution is -2.31. The second-order valence-electron chi connectivity index (χ2n) is 18.0. The van der Waals surface area contributed by atoms with Gasteiger partial charge in [0.25, 0.3) is 0 Å². The Hall–Kier alpha value is -1.84. The van der Waals surface area contributed by atoms with Gasteiger partial charge in [0.15, 0.2) is 0 Å². The van der Waals surface area contributed by atoms with Gasteiger partial charge in [-0.15, -0.1) is 0 Å². The van der Waals surface area contributed by atoms with Crippen LogP contribution in [0, 0.1) is 16.2 Å². The van der Waals surface area contributed by atoms with Crippen LogP contribution in [0.15, 0.2) is 12.1 Å². The first-order valence-corrected chi connectivity index (χ1v) is 15.0. The average molecular weight is 537 g/mol. The first-order valence-electron chi connectivity index (χ1n) is 15.0. The summed E-state index contributed by atoms with van der Waals surface area (Å²) in [7, 11) is 0. The van der Waals surface area contributed by atoms with Gasteiger partial charge in [-0.25, -0.2) is 15.0 Å². The summed E-state index contributed by atoms with van der Waals surface area (Å²) in [6, 6.07) is 4.73. The topological polar surface area (TPSA) is 51.6 Å². The highest BCUT2D eigenvalue weighted by Gasteiger charge is 2.33. The van der Waals surface area contributed by atoms with Crippen molar-refractivity contribution in [3.63, 3.8) is 0 Å². The minimum absolute atomic E-state index is 0.121. The van der Waals surface area contributed by atoms with E-state index >= 15 is 0 Å². The van der Waals surface area contributed by atoms with E-state index in [9.17, 15) is 0 Å². The molecule has 0 bridgehead atoms. The number of hydrogen-bond acceptors (Lipinski definition) is 4. The Morgan fingerprint density at radius 3 is 1.21 bits per heavy atom. The van der Waals surface area contributed by atoms with Crippen molar-refractivity contribution in [3.05, 3.63) is 46.6 Å². The molecule has 2 aromatic heterocycles. The Morgan fingerprint density at radius 2 is 0.846 bits per heavy atom. The van der Waals surface area contributed by atoms with Crippen LogP contribution in [0.25, 0.3) is 0 Å². The summed E-state index contributed by atoms with van der Waals surface area (Å²) in [5, 5.41) is 0. The van der Waals surface area contributed by atoms with E-state index in [2.05, 4.69) is 123 Å². The van der Waals surface area contributed by atoms with Gasteiger partial charge >= 0.3 is 0 Å². The van der Waals surface area contributed by atoms with Gasteiger partial charge in [0.2, 0.25) is 0 Å². The lowest BCUT2D eigenvalue weighted by atomic mass is 9.75. The summed E-state index contributed by atoms with van der Waals surface area (Å²) >= 11 is 0. The fourth-order valence-electron chi connectivity index (χ4n) is 4.84. The molecule has 0 saturated carbocycles. The van der Waals surface area contributed by atoms with Crippen molar-refractivity contribution < 1.29 is 0 Å². The van der Waals surface area contributed by atoms with E-state index in [4.69, 9.17) is 19.9 Å². The molecule has 0 saturated heterocycles. The maximum absolute atomic E-state index is 5.09. The molecule has 4 heteroatoms. The summed E-state index contributed by atoms with van der Waals surface area (Å²) in [6.45, 7) is 36.3. The summed E-state index contributed by atoms with van der Waals surface area (Å²) in [5.74, 6) is 2.70. The number of pyridine rings is 1. The van der Waals surface area contributed by atoms with Crippen molar-refractivity contribution in [2.45, 2.75) is 159 Å². The first kappa shape index (κ1) is 33.4. The van der Waals surface area contributed by atoms with Crippen molar-refractivity contribution >= 4 is 0 Å². The third kappa shape index (κ3) is 10.9. The van der Waals surface area contributed by atoms with E-state index in [1.54, 1.807) is 0 Å². The molecule has 0 radical (unpaired) electrons. The van der Waals surface area contributed by atoms with E-state index in [1.807, 2.05) is 0 Å². The normalized spacial score (nSPS) is 14.2. The van der Waals surface area contributed by atoms with Crippen molar-refractivity contribution in [2.24, 2.45) is 16.2 Å². The zero-order chi connectivity index (χ0) is 30.2. The minimum atomic E-state index is -0.146. The fourth-order valence-corrected chi connectivity index (χ4v) is 4.84. The van der Waals surface area contributed by atoms with E-state index in [-0.39, 0.29) is 32.5 Å². The molecular formula is C35H60N4. The maximum atomic E-state index is 5.09. The summed E-state index contributed by atoms with van der Waals surface area (Å²) in [6.07, 6.45) is 5.14. The Balaban J connectivity index is 2.33. The standard InChI is InChI=1S/C35H60N4/c1-30(2,3)22-25-19-24(20-26(36-25)23-31(4,5)6)21-34(13,14)17-18-35(15,16)29-38-27(32(7,8)9)37-28(39-29)33(10,11)12/h19-20H,17-18,21-23H2,1-16H3. The molecule has 0 aliphatic rings.